The Kier molecular flexibility index (Phi) is 7.21. The van der Waals surface area contributed by atoms with Gasteiger partial charge < -0.3 is 20.5 Å². The van der Waals surface area contributed by atoms with Gasteiger partial charge >= 0.3 is 11.9 Å². The van der Waals surface area contributed by atoms with E-state index in [1.807, 2.05) is 44.2 Å². The first kappa shape index (κ1) is 24.9. The number of hydrogen-bond acceptors (Lipinski definition) is 6. The molecule has 2 rings (SSSR count). The first-order valence-corrected chi connectivity index (χ1v) is 10.6. The highest BCUT2D eigenvalue weighted by atomic mass is 16.6. The van der Waals surface area contributed by atoms with Crippen molar-refractivity contribution in [1.82, 2.24) is 5.32 Å². The van der Waals surface area contributed by atoms with Crippen LogP contribution in [0.3, 0.4) is 0 Å². The topological polar surface area (TPSA) is 108 Å². The van der Waals surface area contributed by atoms with Crippen molar-refractivity contribution in [2.45, 2.75) is 72.1 Å². The van der Waals surface area contributed by atoms with E-state index in [1.165, 1.54) is 7.11 Å². The molecule has 7 nitrogen and oxygen atoms in total. The maximum absolute atomic E-state index is 13.3. The van der Waals surface area contributed by atoms with Crippen LogP contribution < -0.4 is 11.1 Å². The summed E-state index contributed by atoms with van der Waals surface area (Å²) in [5.41, 5.74) is 4.80. The third kappa shape index (κ3) is 5.09. The molecule has 4 atom stereocenters. The second-order valence-corrected chi connectivity index (χ2v) is 10.1. The summed E-state index contributed by atoms with van der Waals surface area (Å²) < 4.78 is 10.6. The maximum Gasteiger partial charge on any atom is 0.328 e. The van der Waals surface area contributed by atoms with E-state index in [0.717, 1.165) is 5.56 Å². The minimum atomic E-state index is -1.05. The standard InChI is InChI=1S/C24H36N2O5/c1-22(2,3)31-21(29)24(6)18(25)14-16(23(24,4)5)19(27)26-17(20(28)30-7)13-15-11-9-8-10-12-15/h8-12,16-18H,13-14,25H2,1-7H3,(H,26,27)/t16-,17?,18+,24-/m1/s1. The third-order valence-electron chi connectivity index (χ3n) is 6.67. The lowest BCUT2D eigenvalue weighted by Crippen LogP contribution is -2.53. The van der Waals surface area contributed by atoms with E-state index >= 15 is 0 Å². The first-order chi connectivity index (χ1) is 14.2. The van der Waals surface area contributed by atoms with E-state index in [4.69, 9.17) is 15.2 Å². The average molecular weight is 433 g/mol. The van der Waals surface area contributed by atoms with Crippen molar-refractivity contribution in [2.75, 3.05) is 7.11 Å². The Morgan fingerprint density at radius 3 is 2.26 bits per heavy atom. The number of carbonyl (C=O) groups excluding carboxylic acids is 3. The van der Waals surface area contributed by atoms with Crippen molar-refractivity contribution in [1.29, 1.82) is 0 Å². The molecule has 0 aromatic heterocycles. The van der Waals surface area contributed by atoms with E-state index < -0.39 is 46.4 Å². The highest BCUT2D eigenvalue weighted by molar-refractivity contribution is 5.89. The predicted molar refractivity (Wildman–Crippen MR) is 118 cm³/mol. The third-order valence-corrected chi connectivity index (χ3v) is 6.67. The average Bonchev–Trinajstić information content (AvgIpc) is 2.87. The van der Waals surface area contributed by atoms with Gasteiger partial charge in [-0.2, -0.15) is 0 Å². The fourth-order valence-electron chi connectivity index (χ4n) is 4.31. The summed E-state index contributed by atoms with van der Waals surface area (Å²) in [7, 11) is 1.29. The number of nitrogens with two attached hydrogens (primary N) is 1. The van der Waals surface area contributed by atoms with Gasteiger partial charge in [-0.15, -0.1) is 0 Å². The van der Waals surface area contributed by atoms with Gasteiger partial charge in [0.05, 0.1) is 12.5 Å². The van der Waals surface area contributed by atoms with Crippen LogP contribution in [0.15, 0.2) is 30.3 Å². The summed E-state index contributed by atoms with van der Waals surface area (Å²) in [5.74, 6) is -1.82. The number of ether oxygens (including phenoxy) is 2. The molecule has 172 valence electrons. The van der Waals surface area contributed by atoms with E-state index in [1.54, 1.807) is 27.7 Å². The monoisotopic (exact) mass is 432 g/mol. The quantitative estimate of drug-likeness (QED) is 0.669. The molecule has 1 fully saturated rings. The van der Waals surface area contributed by atoms with Gasteiger partial charge in [-0.1, -0.05) is 44.2 Å². The summed E-state index contributed by atoms with van der Waals surface area (Å²) >= 11 is 0. The Morgan fingerprint density at radius 2 is 1.74 bits per heavy atom. The van der Waals surface area contributed by atoms with Crippen LogP contribution >= 0.6 is 0 Å². The molecular weight excluding hydrogens is 396 g/mol. The number of amides is 1. The molecule has 0 heterocycles. The van der Waals surface area contributed by atoms with E-state index in [2.05, 4.69) is 5.32 Å². The predicted octanol–water partition coefficient (Wildman–Crippen LogP) is 2.61. The number of methoxy groups -OCH3 is 1. The second kappa shape index (κ2) is 8.99. The molecule has 1 aliphatic carbocycles. The highest BCUT2D eigenvalue weighted by Gasteiger charge is 2.63. The van der Waals surface area contributed by atoms with Crippen molar-refractivity contribution < 1.29 is 23.9 Å². The van der Waals surface area contributed by atoms with Crippen molar-refractivity contribution in [3.63, 3.8) is 0 Å². The van der Waals surface area contributed by atoms with Gasteiger partial charge in [0, 0.05) is 18.4 Å². The number of hydrogen-bond donors (Lipinski definition) is 2. The van der Waals surface area contributed by atoms with Crippen LogP contribution in [0.5, 0.6) is 0 Å². The highest BCUT2D eigenvalue weighted by Crippen LogP contribution is 2.56. The largest absolute Gasteiger partial charge is 0.467 e. The van der Waals surface area contributed by atoms with Crippen LogP contribution in [0.4, 0.5) is 0 Å². The van der Waals surface area contributed by atoms with Crippen LogP contribution in [0.1, 0.15) is 53.5 Å². The molecule has 0 spiro atoms. The molecule has 3 N–H and O–H groups in total. The van der Waals surface area contributed by atoms with Gasteiger partial charge in [0.25, 0.3) is 0 Å². The van der Waals surface area contributed by atoms with Gasteiger partial charge in [-0.3, -0.25) is 9.59 Å². The van der Waals surface area contributed by atoms with Gasteiger partial charge in [0.2, 0.25) is 5.91 Å². The fraction of sp³-hybridized carbons (Fsp3) is 0.625. The molecule has 0 bridgehead atoms. The molecule has 1 aromatic carbocycles. The lowest BCUT2D eigenvalue weighted by Gasteiger charge is -2.42. The molecule has 7 heteroatoms. The molecule has 1 aromatic rings. The number of esters is 2. The van der Waals surface area contributed by atoms with Gasteiger partial charge in [0.15, 0.2) is 0 Å². The Balaban J connectivity index is 2.25. The summed E-state index contributed by atoms with van der Waals surface area (Å²) in [5, 5.41) is 2.84. The normalized spacial score (nSPS) is 26.1. The van der Waals surface area contributed by atoms with Gasteiger partial charge in [-0.25, -0.2) is 4.79 Å². The van der Waals surface area contributed by atoms with E-state index in [-0.39, 0.29) is 5.91 Å². The molecular formula is C24H36N2O5. The molecule has 31 heavy (non-hydrogen) atoms. The van der Waals surface area contributed by atoms with Crippen LogP contribution in [-0.2, 0) is 30.3 Å². The van der Waals surface area contributed by atoms with Crippen LogP contribution in [0.25, 0.3) is 0 Å². The zero-order chi connectivity index (χ0) is 23.6. The maximum atomic E-state index is 13.3. The Labute approximate surface area is 185 Å². The molecule has 1 amide bonds. The lowest BCUT2D eigenvalue weighted by molar-refractivity contribution is -0.174. The number of rotatable bonds is 6. The van der Waals surface area contributed by atoms with Crippen molar-refractivity contribution in [3.8, 4) is 0 Å². The lowest BCUT2D eigenvalue weighted by atomic mass is 9.64. The number of benzene rings is 1. The smallest absolute Gasteiger partial charge is 0.328 e. The summed E-state index contributed by atoms with van der Waals surface area (Å²) in [6.07, 6.45) is 0.621. The summed E-state index contributed by atoms with van der Waals surface area (Å²) in [4.78, 5) is 38.7. The molecule has 0 aliphatic heterocycles. The summed E-state index contributed by atoms with van der Waals surface area (Å²) in [6.45, 7) is 10.9. The van der Waals surface area contributed by atoms with Crippen molar-refractivity contribution >= 4 is 17.8 Å². The Morgan fingerprint density at radius 1 is 1.16 bits per heavy atom. The number of carbonyl (C=O) groups is 3. The molecule has 0 saturated heterocycles. The minimum Gasteiger partial charge on any atom is -0.467 e. The summed E-state index contributed by atoms with van der Waals surface area (Å²) in [6, 6.07) is 8.01. The van der Waals surface area contributed by atoms with Crippen LogP contribution in [0.2, 0.25) is 0 Å². The zero-order valence-corrected chi connectivity index (χ0v) is 19.7. The van der Waals surface area contributed by atoms with Gasteiger partial charge in [0.1, 0.15) is 11.6 Å². The molecule has 1 aliphatic rings. The van der Waals surface area contributed by atoms with E-state index in [0.29, 0.717) is 12.8 Å². The molecule has 1 saturated carbocycles. The second-order valence-electron chi connectivity index (χ2n) is 10.1. The van der Waals surface area contributed by atoms with Crippen molar-refractivity contribution in [2.24, 2.45) is 22.5 Å². The molecule has 0 radical (unpaired) electrons. The fourth-order valence-corrected chi connectivity index (χ4v) is 4.31. The van der Waals surface area contributed by atoms with Crippen LogP contribution in [0, 0.1) is 16.7 Å². The Bertz CT molecular complexity index is 815. The molecule has 1 unspecified atom stereocenters. The SMILES string of the molecule is COC(=O)C(Cc1ccccc1)NC(=O)[C@H]1C[C@H](N)[C@](C)(C(=O)OC(C)(C)C)C1(C)C. The van der Waals surface area contributed by atoms with Crippen LogP contribution in [-0.4, -0.2) is 42.6 Å². The zero-order valence-electron chi connectivity index (χ0n) is 19.7. The Hall–Kier alpha value is -2.41. The minimum absolute atomic E-state index is 0.307. The van der Waals surface area contributed by atoms with Crippen molar-refractivity contribution in [3.05, 3.63) is 35.9 Å². The number of nitrogens with one attached hydrogen (secondary N) is 1. The first-order valence-electron chi connectivity index (χ1n) is 10.6. The van der Waals surface area contributed by atoms with Gasteiger partial charge in [-0.05, 0) is 45.1 Å². The van der Waals surface area contributed by atoms with E-state index in [9.17, 15) is 14.4 Å².